The van der Waals surface area contributed by atoms with Gasteiger partial charge in [-0.25, -0.2) is 8.78 Å². The first kappa shape index (κ1) is 15.0. The molecule has 0 radical (unpaired) electrons. The van der Waals surface area contributed by atoms with E-state index in [0.29, 0.717) is 6.42 Å². The molecule has 100 valence electrons. The van der Waals surface area contributed by atoms with Crippen molar-refractivity contribution in [1.82, 2.24) is 5.32 Å². The second-order valence-corrected chi connectivity index (χ2v) is 5.19. The smallest absolute Gasteiger partial charge is 0.257 e. The Kier molecular flexibility index (Phi) is 4.81. The summed E-state index contributed by atoms with van der Waals surface area (Å²) in [6, 6.07) is 2.02. The monoisotopic (exact) mass is 321 g/mol. The Bertz CT molecular complexity index is 440. The Balaban J connectivity index is 2.86. The number of aliphatic hydroxyl groups is 1. The Morgan fingerprint density at radius 3 is 2.39 bits per heavy atom. The van der Waals surface area contributed by atoms with Crippen molar-refractivity contribution in [3.63, 3.8) is 0 Å². The first-order valence-corrected chi connectivity index (χ1v) is 6.21. The molecule has 1 unspecified atom stereocenters. The van der Waals surface area contributed by atoms with Gasteiger partial charge in [-0.15, -0.1) is 0 Å². The minimum absolute atomic E-state index is 0.0721. The van der Waals surface area contributed by atoms with Gasteiger partial charge in [0.25, 0.3) is 5.91 Å². The van der Waals surface area contributed by atoms with E-state index in [4.69, 9.17) is 0 Å². The molecule has 1 atom stereocenters. The quantitative estimate of drug-likeness (QED) is 0.895. The second kappa shape index (κ2) is 5.75. The molecule has 0 aliphatic carbocycles. The van der Waals surface area contributed by atoms with Crippen LogP contribution >= 0.6 is 15.9 Å². The average molecular weight is 322 g/mol. The average Bonchev–Trinajstić information content (AvgIpc) is 2.25. The summed E-state index contributed by atoms with van der Waals surface area (Å²) >= 11 is 2.93. The number of benzene rings is 1. The Morgan fingerprint density at radius 1 is 1.44 bits per heavy atom. The number of rotatable bonds is 4. The summed E-state index contributed by atoms with van der Waals surface area (Å²) in [6.07, 6.45) is 0.415. The first-order valence-electron chi connectivity index (χ1n) is 5.42. The first-order chi connectivity index (χ1) is 8.26. The van der Waals surface area contributed by atoms with Crippen LogP contribution in [-0.2, 0) is 0 Å². The zero-order valence-electron chi connectivity index (χ0n) is 10.1. The summed E-state index contributed by atoms with van der Waals surface area (Å²) < 4.78 is 27.2. The van der Waals surface area contributed by atoms with Crippen molar-refractivity contribution < 1.29 is 18.7 Å². The van der Waals surface area contributed by atoms with Gasteiger partial charge in [0.15, 0.2) is 0 Å². The van der Waals surface area contributed by atoms with E-state index in [2.05, 4.69) is 21.2 Å². The zero-order valence-corrected chi connectivity index (χ0v) is 11.6. The zero-order chi connectivity index (χ0) is 13.9. The van der Waals surface area contributed by atoms with Crippen LogP contribution in [0.1, 0.15) is 30.6 Å². The summed E-state index contributed by atoms with van der Waals surface area (Å²) in [7, 11) is 0. The number of nitrogens with one attached hydrogen (secondary N) is 1. The summed E-state index contributed by atoms with van der Waals surface area (Å²) in [5.74, 6) is -2.78. The molecule has 6 heteroatoms. The molecule has 1 amide bonds. The maximum atomic E-state index is 13.5. The Labute approximate surface area is 112 Å². The largest absolute Gasteiger partial charge is 0.388 e. The molecule has 2 N–H and O–H groups in total. The van der Waals surface area contributed by atoms with Crippen LogP contribution in [0.15, 0.2) is 16.6 Å². The van der Waals surface area contributed by atoms with Gasteiger partial charge in [-0.2, -0.15) is 0 Å². The van der Waals surface area contributed by atoms with Crippen LogP contribution in [0.2, 0.25) is 0 Å². The van der Waals surface area contributed by atoms with E-state index in [9.17, 15) is 18.7 Å². The van der Waals surface area contributed by atoms with Crippen molar-refractivity contribution in [1.29, 1.82) is 0 Å². The molecule has 0 fully saturated rings. The van der Waals surface area contributed by atoms with E-state index in [0.717, 1.165) is 12.1 Å². The van der Waals surface area contributed by atoms with E-state index in [1.165, 1.54) is 6.92 Å². The van der Waals surface area contributed by atoms with E-state index in [1.807, 2.05) is 0 Å². The molecule has 0 saturated carbocycles. The van der Waals surface area contributed by atoms with E-state index < -0.39 is 28.7 Å². The summed E-state index contributed by atoms with van der Waals surface area (Å²) in [6.45, 7) is 3.20. The Morgan fingerprint density at radius 2 is 1.94 bits per heavy atom. The number of halogens is 3. The Hall–Kier alpha value is -1.01. The fourth-order valence-corrected chi connectivity index (χ4v) is 1.65. The van der Waals surface area contributed by atoms with Gasteiger partial charge >= 0.3 is 0 Å². The van der Waals surface area contributed by atoms with Crippen LogP contribution < -0.4 is 5.32 Å². The molecule has 0 bridgehead atoms. The number of carbonyl (C=O) groups is 1. The standard InChI is InChI=1S/C12H14BrF2NO2/c1-3-12(2,18)6-16-11(17)10-8(14)4-7(13)5-9(10)15/h4-5,18H,3,6H2,1-2H3,(H,16,17). The van der Waals surface area contributed by atoms with Gasteiger partial charge in [0.1, 0.15) is 17.2 Å². The highest BCUT2D eigenvalue weighted by Gasteiger charge is 2.22. The second-order valence-electron chi connectivity index (χ2n) is 4.28. The number of amides is 1. The lowest BCUT2D eigenvalue weighted by atomic mass is 10.0. The third kappa shape index (κ3) is 3.74. The van der Waals surface area contributed by atoms with Crippen molar-refractivity contribution in [2.75, 3.05) is 6.54 Å². The molecule has 1 aromatic carbocycles. The van der Waals surface area contributed by atoms with Gasteiger partial charge in [0.05, 0.1) is 5.60 Å². The van der Waals surface area contributed by atoms with Gasteiger partial charge in [0, 0.05) is 11.0 Å². The molecular weight excluding hydrogens is 308 g/mol. The van der Waals surface area contributed by atoms with Crippen LogP contribution in [-0.4, -0.2) is 23.2 Å². The highest BCUT2D eigenvalue weighted by atomic mass is 79.9. The van der Waals surface area contributed by atoms with Gasteiger partial charge in [0.2, 0.25) is 0 Å². The maximum Gasteiger partial charge on any atom is 0.257 e. The molecule has 0 spiro atoms. The van der Waals surface area contributed by atoms with E-state index >= 15 is 0 Å². The molecule has 3 nitrogen and oxygen atoms in total. The molecule has 0 aromatic heterocycles. The normalized spacial score (nSPS) is 14.1. The van der Waals surface area contributed by atoms with Crippen molar-refractivity contribution in [2.45, 2.75) is 25.9 Å². The SMILES string of the molecule is CCC(C)(O)CNC(=O)c1c(F)cc(Br)cc1F. The summed E-state index contributed by atoms with van der Waals surface area (Å²) in [5.41, 5.74) is -1.75. The van der Waals surface area contributed by atoms with Crippen LogP contribution in [0, 0.1) is 11.6 Å². The highest BCUT2D eigenvalue weighted by molar-refractivity contribution is 9.10. The molecule has 0 heterocycles. The van der Waals surface area contributed by atoms with E-state index in [-0.39, 0.29) is 11.0 Å². The lowest BCUT2D eigenvalue weighted by molar-refractivity contribution is 0.0516. The minimum atomic E-state index is -1.10. The van der Waals surface area contributed by atoms with Crippen molar-refractivity contribution in [3.05, 3.63) is 33.8 Å². The molecule has 0 aliphatic heterocycles. The molecular formula is C12H14BrF2NO2. The van der Waals surface area contributed by atoms with Crippen molar-refractivity contribution >= 4 is 21.8 Å². The molecule has 1 rings (SSSR count). The van der Waals surface area contributed by atoms with Gasteiger partial charge < -0.3 is 10.4 Å². The van der Waals surface area contributed by atoms with Gasteiger partial charge in [-0.05, 0) is 25.5 Å². The van der Waals surface area contributed by atoms with Gasteiger partial charge in [-0.1, -0.05) is 22.9 Å². The lowest BCUT2D eigenvalue weighted by Crippen LogP contribution is -2.40. The molecule has 0 saturated heterocycles. The third-order valence-electron chi connectivity index (χ3n) is 2.63. The van der Waals surface area contributed by atoms with E-state index in [1.54, 1.807) is 6.92 Å². The van der Waals surface area contributed by atoms with Gasteiger partial charge in [-0.3, -0.25) is 4.79 Å². The number of hydrogen-bond donors (Lipinski definition) is 2. The van der Waals surface area contributed by atoms with Crippen molar-refractivity contribution in [2.24, 2.45) is 0 Å². The highest BCUT2D eigenvalue weighted by Crippen LogP contribution is 2.19. The van der Waals surface area contributed by atoms with Crippen LogP contribution in [0.5, 0.6) is 0 Å². The number of carbonyl (C=O) groups excluding carboxylic acids is 1. The van der Waals surface area contributed by atoms with Crippen LogP contribution in [0.3, 0.4) is 0 Å². The predicted molar refractivity (Wildman–Crippen MR) is 67.3 cm³/mol. The molecule has 1 aromatic rings. The fourth-order valence-electron chi connectivity index (χ4n) is 1.24. The summed E-state index contributed by atoms with van der Waals surface area (Å²) in [5, 5.41) is 12.0. The lowest BCUT2D eigenvalue weighted by Gasteiger charge is -2.21. The fraction of sp³-hybridized carbons (Fsp3) is 0.417. The number of hydrogen-bond acceptors (Lipinski definition) is 2. The van der Waals surface area contributed by atoms with Crippen LogP contribution in [0.4, 0.5) is 8.78 Å². The predicted octanol–water partition coefficient (Wildman–Crippen LogP) is 2.62. The molecule has 0 aliphatic rings. The summed E-state index contributed by atoms with van der Waals surface area (Å²) in [4.78, 5) is 11.6. The minimum Gasteiger partial charge on any atom is -0.388 e. The van der Waals surface area contributed by atoms with Crippen molar-refractivity contribution in [3.8, 4) is 0 Å². The molecule has 18 heavy (non-hydrogen) atoms. The topological polar surface area (TPSA) is 49.3 Å². The third-order valence-corrected chi connectivity index (χ3v) is 3.08. The van der Waals surface area contributed by atoms with Crippen LogP contribution in [0.25, 0.3) is 0 Å². The maximum absolute atomic E-state index is 13.5.